The van der Waals surface area contributed by atoms with Crippen molar-refractivity contribution < 1.29 is 9.13 Å². The van der Waals surface area contributed by atoms with Crippen LogP contribution in [-0.4, -0.2) is 13.2 Å². The third-order valence-corrected chi connectivity index (χ3v) is 5.79. The van der Waals surface area contributed by atoms with E-state index in [1.165, 1.54) is 6.07 Å². The predicted octanol–water partition coefficient (Wildman–Crippen LogP) is 5.35. The molecule has 0 bridgehead atoms. The van der Waals surface area contributed by atoms with Gasteiger partial charge >= 0.3 is 0 Å². The lowest BCUT2D eigenvalue weighted by Crippen LogP contribution is -2.28. The van der Waals surface area contributed by atoms with Crippen LogP contribution in [0.4, 0.5) is 4.39 Å². The highest BCUT2D eigenvalue weighted by molar-refractivity contribution is 9.10. The Morgan fingerprint density at radius 2 is 2.22 bits per heavy atom. The Labute approximate surface area is 128 Å². The van der Waals surface area contributed by atoms with Crippen molar-refractivity contribution in [3.63, 3.8) is 0 Å². The standard InChI is InChI=1S/C13H14Br2ClFO/c1-7-6-18-3-2-8(7)13(15)9-4-11(16)10(14)5-12(9)17/h4-5,7-8,13H,2-3,6H2,1H3. The van der Waals surface area contributed by atoms with Crippen LogP contribution in [-0.2, 0) is 4.74 Å². The minimum atomic E-state index is -0.230. The molecule has 0 radical (unpaired) electrons. The molecule has 1 aliphatic rings. The molecule has 100 valence electrons. The summed E-state index contributed by atoms with van der Waals surface area (Å²) in [5.41, 5.74) is 0.627. The molecule has 0 N–H and O–H groups in total. The minimum absolute atomic E-state index is 0.0259. The normalized spacial score (nSPS) is 26.1. The van der Waals surface area contributed by atoms with Crippen molar-refractivity contribution in [2.45, 2.75) is 18.2 Å². The first-order valence-electron chi connectivity index (χ1n) is 5.87. The van der Waals surface area contributed by atoms with Crippen molar-refractivity contribution in [3.05, 3.63) is 33.0 Å². The van der Waals surface area contributed by atoms with Crippen molar-refractivity contribution in [3.8, 4) is 0 Å². The third kappa shape index (κ3) is 3.09. The molecule has 0 spiro atoms. The molecule has 0 aromatic heterocycles. The fraction of sp³-hybridized carbons (Fsp3) is 0.538. The summed E-state index contributed by atoms with van der Waals surface area (Å²) < 4.78 is 20.0. The highest BCUT2D eigenvalue weighted by Crippen LogP contribution is 2.42. The summed E-state index contributed by atoms with van der Waals surface area (Å²) in [6.45, 7) is 3.61. The van der Waals surface area contributed by atoms with Gasteiger partial charge in [0.05, 0.1) is 5.02 Å². The zero-order valence-electron chi connectivity index (χ0n) is 9.93. The average Bonchev–Trinajstić information content (AvgIpc) is 2.33. The molecule has 0 amide bonds. The number of alkyl halides is 1. The van der Waals surface area contributed by atoms with Gasteiger partial charge in [0.2, 0.25) is 0 Å². The maximum Gasteiger partial charge on any atom is 0.128 e. The zero-order chi connectivity index (χ0) is 13.3. The van der Waals surface area contributed by atoms with Gasteiger partial charge in [-0.25, -0.2) is 4.39 Å². The number of hydrogen-bond acceptors (Lipinski definition) is 1. The number of benzene rings is 1. The topological polar surface area (TPSA) is 9.23 Å². The minimum Gasteiger partial charge on any atom is -0.381 e. The van der Waals surface area contributed by atoms with Crippen LogP contribution in [0, 0.1) is 17.7 Å². The van der Waals surface area contributed by atoms with E-state index in [-0.39, 0.29) is 10.6 Å². The lowest BCUT2D eigenvalue weighted by molar-refractivity contribution is 0.0238. The van der Waals surface area contributed by atoms with E-state index in [0.29, 0.717) is 26.9 Å². The van der Waals surface area contributed by atoms with E-state index in [2.05, 4.69) is 38.8 Å². The molecular formula is C13H14Br2ClFO. The molecule has 1 aromatic rings. The van der Waals surface area contributed by atoms with Gasteiger partial charge in [-0.05, 0) is 46.3 Å². The fourth-order valence-corrected chi connectivity index (χ4v) is 3.94. The van der Waals surface area contributed by atoms with Crippen LogP contribution in [0.15, 0.2) is 16.6 Å². The average molecular weight is 401 g/mol. The molecule has 3 atom stereocenters. The molecule has 1 saturated heterocycles. The van der Waals surface area contributed by atoms with Crippen molar-refractivity contribution in [2.24, 2.45) is 11.8 Å². The Morgan fingerprint density at radius 1 is 1.50 bits per heavy atom. The number of hydrogen-bond donors (Lipinski definition) is 0. The monoisotopic (exact) mass is 398 g/mol. The number of rotatable bonds is 2. The largest absolute Gasteiger partial charge is 0.381 e. The summed E-state index contributed by atoms with van der Waals surface area (Å²) in [7, 11) is 0. The molecule has 3 unspecified atom stereocenters. The second-order valence-corrected chi connectivity index (χ2v) is 6.94. The molecule has 1 aliphatic heterocycles. The van der Waals surface area contributed by atoms with Gasteiger partial charge in [0.25, 0.3) is 0 Å². The second-order valence-electron chi connectivity index (χ2n) is 4.69. The van der Waals surface area contributed by atoms with Crippen LogP contribution in [0.5, 0.6) is 0 Å². The second kappa shape index (κ2) is 6.21. The van der Waals surface area contributed by atoms with E-state index >= 15 is 0 Å². The highest BCUT2D eigenvalue weighted by Gasteiger charge is 2.31. The van der Waals surface area contributed by atoms with Gasteiger partial charge in [-0.3, -0.25) is 0 Å². The molecule has 1 aromatic carbocycles. The zero-order valence-corrected chi connectivity index (χ0v) is 13.9. The number of ether oxygens (including phenoxy) is 1. The molecule has 2 rings (SSSR count). The van der Waals surface area contributed by atoms with E-state index in [1.807, 2.05) is 0 Å². The Hall–Kier alpha value is 0.360. The van der Waals surface area contributed by atoms with Crippen LogP contribution in [0.3, 0.4) is 0 Å². The lowest BCUT2D eigenvalue weighted by atomic mass is 9.84. The van der Waals surface area contributed by atoms with Crippen LogP contribution in [0.1, 0.15) is 23.7 Å². The maximum atomic E-state index is 14.0. The van der Waals surface area contributed by atoms with E-state index in [9.17, 15) is 4.39 Å². The van der Waals surface area contributed by atoms with Crippen molar-refractivity contribution in [1.82, 2.24) is 0 Å². The van der Waals surface area contributed by atoms with Crippen LogP contribution < -0.4 is 0 Å². The molecule has 1 heterocycles. The summed E-state index contributed by atoms with van der Waals surface area (Å²) in [5.74, 6) is 0.544. The molecule has 5 heteroatoms. The first kappa shape index (κ1) is 14.8. The van der Waals surface area contributed by atoms with E-state index in [0.717, 1.165) is 19.6 Å². The Balaban J connectivity index is 2.27. The summed E-state index contributed by atoms with van der Waals surface area (Å²) in [6.07, 6.45) is 0.935. The Kier molecular flexibility index (Phi) is 5.09. The molecule has 1 fully saturated rings. The molecule has 1 nitrogen and oxygen atoms in total. The predicted molar refractivity (Wildman–Crippen MR) is 78.9 cm³/mol. The van der Waals surface area contributed by atoms with Crippen LogP contribution in [0.2, 0.25) is 5.02 Å². The highest BCUT2D eigenvalue weighted by atomic mass is 79.9. The molecular weight excluding hydrogens is 386 g/mol. The molecule has 0 saturated carbocycles. The smallest absolute Gasteiger partial charge is 0.128 e. The van der Waals surface area contributed by atoms with Crippen molar-refractivity contribution in [2.75, 3.05) is 13.2 Å². The lowest BCUT2D eigenvalue weighted by Gasteiger charge is -2.32. The van der Waals surface area contributed by atoms with E-state index < -0.39 is 0 Å². The van der Waals surface area contributed by atoms with Crippen LogP contribution in [0.25, 0.3) is 0 Å². The van der Waals surface area contributed by atoms with Gasteiger partial charge in [0.15, 0.2) is 0 Å². The van der Waals surface area contributed by atoms with Gasteiger partial charge in [0, 0.05) is 28.1 Å². The SMILES string of the molecule is CC1COCCC1C(Br)c1cc(Cl)c(Br)cc1F. The fourth-order valence-electron chi connectivity index (χ4n) is 2.31. The first-order valence-corrected chi connectivity index (χ1v) is 7.95. The van der Waals surface area contributed by atoms with Gasteiger partial charge in [-0.1, -0.05) is 34.5 Å². The Bertz CT molecular complexity index is 441. The van der Waals surface area contributed by atoms with Crippen molar-refractivity contribution >= 4 is 43.5 Å². The summed E-state index contributed by atoms with van der Waals surface area (Å²) >= 11 is 12.9. The Morgan fingerprint density at radius 3 is 2.89 bits per heavy atom. The summed E-state index contributed by atoms with van der Waals surface area (Å²) in [6, 6.07) is 3.12. The van der Waals surface area contributed by atoms with Gasteiger partial charge in [-0.2, -0.15) is 0 Å². The maximum absolute atomic E-state index is 14.0. The van der Waals surface area contributed by atoms with Gasteiger partial charge < -0.3 is 4.74 Å². The van der Waals surface area contributed by atoms with Crippen molar-refractivity contribution in [1.29, 1.82) is 0 Å². The van der Waals surface area contributed by atoms with E-state index in [1.54, 1.807) is 6.07 Å². The molecule has 18 heavy (non-hydrogen) atoms. The number of halogens is 4. The first-order chi connectivity index (χ1) is 8.50. The van der Waals surface area contributed by atoms with Gasteiger partial charge in [0.1, 0.15) is 5.82 Å². The van der Waals surface area contributed by atoms with Crippen LogP contribution >= 0.6 is 43.5 Å². The quantitative estimate of drug-likeness (QED) is 0.480. The summed E-state index contributed by atoms with van der Waals surface area (Å²) in [4.78, 5) is -0.0259. The summed E-state index contributed by atoms with van der Waals surface area (Å²) in [5, 5.41) is 0.538. The third-order valence-electron chi connectivity index (χ3n) is 3.42. The molecule has 0 aliphatic carbocycles. The van der Waals surface area contributed by atoms with E-state index in [4.69, 9.17) is 16.3 Å². The van der Waals surface area contributed by atoms with Gasteiger partial charge in [-0.15, -0.1) is 0 Å².